The van der Waals surface area contributed by atoms with Crippen LogP contribution >= 0.6 is 0 Å². The van der Waals surface area contributed by atoms with E-state index in [1.807, 2.05) is 0 Å². The van der Waals surface area contributed by atoms with Crippen LogP contribution in [0.2, 0.25) is 0 Å². The zero-order valence-corrected chi connectivity index (χ0v) is 15.0. The van der Waals surface area contributed by atoms with Crippen molar-refractivity contribution in [3.8, 4) is 16.9 Å². The summed E-state index contributed by atoms with van der Waals surface area (Å²) < 4.78 is 0. The number of carbonyl (C=O) groups excluding carboxylic acids is 3. The Balaban J connectivity index is 2.39. The van der Waals surface area contributed by atoms with Crippen LogP contribution in [0.25, 0.3) is 11.1 Å². The van der Waals surface area contributed by atoms with Crippen LogP contribution in [0.3, 0.4) is 0 Å². The highest BCUT2D eigenvalue weighted by Crippen LogP contribution is 2.33. The van der Waals surface area contributed by atoms with E-state index < -0.39 is 0 Å². The lowest BCUT2D eigenvalue weighted by Gasteiger charge is -2.16. The number of aromatic hydroxyl groups is 1. The molecule has 0 bridgehead atoms. The highest BCUT2D eigenvalue weighted by molar-refractivity contribution is 6.21. The summed E-state index contributed by atoms with van der Waals surface area (Å²) in [5.74, 6) is -0.728. The molecule has 0 aliphatic heterocycles. The van der Waals surface area contributed by atoms with Crippen LogP contribution < -0.4 is 0 Å². The minimum absolute atomic E-state index is 0.0711. The number of hydrogen-bond acceptors (Lipinski definition) is 4. The van der Waals surface area contributed by atoms with Gasteiger partial charge in [0, 0.05) is 27.8 Å². The lowest BCUT2D eigenvalue weighted by Crippen LogP contribution is -2.13. The van der Waals surface area contributed by atoms with E-state index in [-0.39, 0.29) is 34.2 Å². The maximum Gasteiger partial charge on any atom is 0.194 e. The van der Waals surface area contributed by atoms with E-state index in [1.165, 1.54) is 32.0 Å². The third-order valence-electron chi connectivity index (χ3n) is 4.38. The first-order valence-corrected chi connectivity index (χ1v) is 8.48. The van der Waals surface area contributed by atoms with Crippen LogP contribution in [0.15, 0.2) is 66.7 Å². The Morgan fingerprint density at radius 1 is 0.704 bits per heavy atom. The number of rotatable bonds is 5. The Hall–Kier alpha value is -3.53. The average molecular weight is 358 g/mol. The molecule has 0 saturated heterocycles. The fraction of sp³-hybridized carbons (Fsp3) is 0.0870. The van der Waals surface area contributed by atoms with Gasteiger partial charge in [0.1, 0.15) is 5.75 Å². The first-order chi connectivity index (χ1) is 12.9. The summed E-state index contributed by atoms with van der Waals surface area (Å²) in [6.07, 6.45) is 0. The van der Waals surface area contributed by atoms with E-state index in [9.17, 15) is 19.5 Å². The van der Waals surface area contributed by atoms with Gasteiger partial charge in [-0.15, -0.1) is 0 Å². The molecular formula is C23H18O4. The standard InChI is InChI=1S/C23H18O4/c1-14(24)19-12-13-20(15(2)25)22(23(27)17-6-4-3-5-7-17)21(19)16-8-10-18(26)11-9-16/h3-13,26H,1-2H3. The maximum atomic E-state index is 13.3. The van der Waals surface area contributed by atoms with Gasteiger partial charge < -0.3 is 5.11 Å². The van der Waals surface area contributed by atoms with Gasteiger partial charge in [-0.25, -0.2) is 0 Å². The molecule has 0 aromatic heterocycles. The molecule has 3 aromatic rings. The minimum Gasteiger partial charge on any atom is -0.508 e. The highest BCUT2D eigenvalue weighted by Gasteiger charge is 2.25. The Morgan fingerprint density at radius 2 is 1.26 bits per heavy atom. The number of ketones is 3. The minimum atomic E-state index is -0.327. The molecule has 0 radical (unpaired) electrons. The quantitative estimate of drug-likeness (QED) is 0.671. The van der Waals surface area contributed by atoms with Crippen LogP contribution in [-0.2, 0) is 0 Å². The highest BCUT2D eigenvalue weighted by atomic mass is 16.3. The van der Waals surface area contributed by atoms with Crippen molar-refractivity contribution in [3.05, 3.63) is 89.0 Å². The molecule has 1 N–H and O–H groups in total. The maximum absolute atomic E-state index is 13.3. The van der Waals surface area contributed by atoms with E-state index in [1.54, 1.807) is 48.5 Å². The second-order valence-electron chi connectivity index (χ2n) is 6.27. The molecule has 0 aliphatic rings. The van der Waals surface area contributed by atoms with Crippen molar-refractivity contribution in [2.24, 2.45) is 0 Å². The second kappa shape index (κ2) is 7.38. The zero-order chi connectivity index (χ0) is 19.6. The Labute approximate surface area is 157 Å². The van der Waals surface area contributed by atoms with Crippen LogP contribution in [0.1, 0.15) is 50.5 Å². The molecule has 3 aromatic carbocycles. The predicted molar refractivity (Wildman–Crippen MR) is 103 cm³/mol. The summed E-state index contributed by atoms with van der Waals surface area (Å²) in [5.41, 5.74) is 2.24. The van der Waals surface area contributed by atoms with Crippen LogP contribution in [-0.4, -0.2) is 22.5 Å². The fourth-order valence-electron chi connectivity index (χ4n) is 3.09. The van der Waals surface area contributed by atoms with E-state index in [0.717, 1.165) is 0 Å². The number of phenolic OH excluding ortho intramolecular Hbond substituents is 1. The molecule has 4 heteroatoms. The monoisotopic (exact) mass is 358 g/mol. The lowest BCUT2D eigenvalue weighted by molar-refractivity contribution is 0.0988. The second-order valence-corrected chi connectivity index (χ2v) is 6.27. The molecule has 0 saturated carbocycles. The summed E-state index contributed by atoms with van der Waals surface area (Å²) in [5, 5.41) is 9.59. The number of hydrogen-bond donors (Lipinski definition) is 1. The molecule has 4 nitrogen and oxygen atoms in total. The Kier molecular flexibility index (Phi) is 4.99. The van der Waals surface area contributed by atoms with Crippen molar-refractivity contribution < 1.29 is 19.5 Å². The molecule has 0 fully saturated rings. The summed E-state index contributed by atoms with van der Waals surface area (Å²) in [6, 6.07) is 18.0. The first kappa shape index (κ1) is 18.3. The summed E-state index contributed by atoms with van der Waals surface area (Å²) in [6.45, 7) is 2.81. The molecule has 0 aliphatic carbocycles. The van der Waals surface area contributed by atoms with E-state index in [0.29, 0.717) is 22.3 Å². The molecule has 0 unspecified atom stereocenters. The van der Waals surface area contributed by atoms with Crippen molar-refractivity contribution >= 4 is 17.3 Å². The van der Waals surface area contributed by atoms with Crippen molar-refractivity contribution in [1.29, 1.82) is 0 Å². The molecule has 27 heavy (non-hydrogen) atoms. The average Bonchev–Trinajstić information content (AvgIpc) is 2.67. The molecule has 0 amide bonds. The van der Waals surface area contributed by atoms with Gasteiger partial charge >= 0.3 is 0 Å². The predicted octanol–water partition coefficient (Wildman–Crippen LogP) is 4.70. The van der Waals surface area contributed by atoms with Crippen molar-refractivity contribution in [2.45, 2.75) is 13.8 Å². The molecular weight excluding hydrogens is 340 g/mol. The topological polar surface area (TPSA) is 71.4 Å². The van der Waals surface area contributed by atoms with E-state index >= 15 is 0 Å². The van der Waals surface area contributed by atoms with Gasteiger partial charge in [-0.05, 0) is 37.6 Å². The lowest BCUT2D eigenvalue weighted by atomic mass is 9.84. The van der Waals surface area contributed by atoms with Crippen molar-refractivity contribution in [2.75, 3.05) is 0 Å². The van der Waals surface area contributed by atoms with Crippen LogP contribution in [0.5, 0.6) is 5.75 Å². The van der Waals surface area contributed by atoms with Gasteiger partial charge in [-0.1, -0.05) is 48.5 Å². The molecule has 0 spiro atoms. The van der Waals surface area contributed by atoms with Crippen LogP contribution in [0, 0.1) is 0 Å². The molecule has 134 valence electrons. The first-order valence-electron chi connectivity index (χ1n) is 8.48. The number of phenols is 1. The van der Waals surface area contributed by atoms with Crippen LogP contribution in [0.4, 0.5) is 0 Å². The summed E-state index contributed by atoms with van der Waals surface area (Å²) in [7, 11) is 0. The molecule has 0 heterocycles. The van der Waals surface area contributed by atoms with Gasteiger partial charge in [0.25, 0.3) is 0 Å². The number of Topliss-reactive ketones (excluding diaryl/α,β-unsaturated/α-hetero) is 2. The van der Waals surface area contributed by atoms with Gasteiger partial charge in [-0.2, -0.15) is 0 Å². The van der Waals surface area contributed by atoms with Gasteiger partial charge in [0.05, 0.1) is 0 Å². The largest absolute Gasteiger partial charge is 0.508 e. The SMILES string of the molecule is CC(=O)c1ccc(C(C)=O)c(-c2ccc(O)cc2)c1C(=O)c1ccccc1. The third-order valence-corrected chi connectivity index (χ3v) is 4.38. The number of benzene rings is 3. The van der Waals surface area contributed by atoms with E-state index in [4.69, 9.17) is 0 Å². The smallest absolute Gasteiger partial charge is 0.194 e. The summed E-state index contributed by atoms with van der Waals surface area (Å²) >= 11 is 0. The number of carbonyl (C=O) groups is 3. The van der Waals surface area contributed by atoms with E-state index in [2.05, 4.69) is 0 Å². The zero-order valence-electron chi connectivity index (χ0n) is 15.0. The van der Waals surface area contributed by atoms with Gasteiger partial charge in [-0.3, -0.25) is 14.4 Å². The molecule has 3 rings (SSSR count). The Morgan fingerprint density at radius 3 is 1.81 bits per heavy atom. The molecule has 0 atom stereocenters. The van der Waals surface area contributed by atoms with Crippen molar-refractivity contribution in [1.82, 2.24) is 0 Å². The van der Waals surface area contributed by atoms with Gasteiger partial charge in [0.2, 0.25) is 0 Å². The summed E-state index contributed by atoms with van der Waals surface area (Å²) in [4.78, 5) is 37.8. The normalized spacial score (nSPS) is 10.4. The van der Waals surface area contributed by atoms with Gasteiger partial charge in [0.15, 0.2) is 17.3 Å². The fourth-order valence-corrected chi connectivity index (χ4v) is 3.09. The Bertz CT molecular complexity index is 1030. The van der Waals surface area contributed by atoms with Crippen molar-refractivity contribution in [3.63, 3.8) is 0 Å². The third kappa shape index (κ3) is 3.55.